The van der Waals surface area contributed by atoms with Crippen LogP contribution in [0.3, 0.4) is 0 Å². The monoisotopic (exact) mass is 416 g/mol. The van der Waals surface area contributed by atoms with Crippen molar-refractivity contribution in [1.29, 1.82) is 0 Å². The zero-order valence-electron chi connectivity index (χ0n) is 18.3. The summed E-state index contributed by atoms with van der Waals surface area (Å²) in [7, 11) is 0. The molecule has 0 saturated carbocycles. The molecule has 7 heteroatoms. The first-order valence-corrected chi connectivity index (χ1v) is 10.7. The fourth-order valence-electron chi connectivity index (χ4n) is 3.84. The lowest BCUT2D eigenvalue weighted by molar-refractivity contribution is -0.158. The fraction of sp³-hybridized carbons (Fsp3) is 0.609. The number of rotatable bonds is 4. The molecule has 0 radical (unpaired) electrons. The summed E-state index contributed by atoms with van der Waals surface area (Å²) in [6.45, 7) is 7.92. The lowest BCUT2D eigenvalue weighted by atomic mass is 9.97. The largest absolute Gasteiger partial charge is 0.452 e. The van der Waals surface area contributed by atoms with Gasteiger partial charge in [-0.05, 0) is 83.1 Å². The molecule has 164 valence electrons. The van der Waals surface area contributed by atoms with E-state index in [4.69, 9.17) is 9.47 Å². The van der Waals surface area contributed by atoms with Crippen molar-refractivity contribution >= 4 is 23.7 Å². The average Bonchev–Trinajstić information content (AvgIpc) is 3.14. The summed E-state index contributed by atoms with van der Waals surface area (Å²) in [5, 5.41) is 2.84. The number of aryl methyl sites for hydroxylation is 2. The normalized spacial score (nSPS) is 17.8. The molecule has 0 aromatic heterocycles. The standard InChI is InChI=1S/C23H32N2O5/c1-15(20(26)24-19-9-8-16-6-5-7-18(16)14-19)29-21(27)17-10-12-25(13-11-17)22(28)30-23(2,3)4/h8-9,14-15,17H,5-7,10-13H2,1-4H3,(H,24,26)/t15-/m1/s1. The second kappa shape index (κ2) is 9.06. The van der Waals surface area contributed by atoms with Crippen molar-refractivity contribution in [2.45, 2.75) is 71.5 Å². The fourth-order valence-corrected chi connectivity index (χ4v) is 3.84. The Hall–Kier alpha value is -2.57. The molecule has 1 N–H and O–H groups in total. The number of nitrogens with one attached hydrogen (secondary N) is 1. The van der Waals surface area contributed by atoms with E-state index >= 15 is 0 Å². The van der Waals surface area contributed by atoms with Crippen LogP contribution in [0.4, 0.5) is 10.5 Å². The van der Waals surface area contributed by atoms with Crippen LogP contribution < -0.4 is 5.32 Å². The molecule has 1 atom stereocenters. The van der Waals surface area contributed by atoms with E-state index in [1.54, 1.807) is 11.8 Å². The maximum absolute atomic E-state index is 12.5. The maximum atomic E-state index is 12.5. The second-order valence-electron chi connectivity index (χ2n) is 9.15. The van der Waals surface area contributed by atoms with E-state index < -0.39 is 17.7 Å². The van der Waals surface area contributed by atoms with Crippen LogP contribution in [-0.2, 0) is 31.9 Å². The first-order chi connectivity index (χ1) is 14.1. The van der Waals surface area contributed by atoms with Gasteiger partial charge in [0.05, 0.1) is 5.92 Å². The third-order valence-electron chi connectivity index (χ3n) is 5.51. The van der Waals surface area contributed by atoms with Crippen LogP contribution in [0.1, 0.15) is 58.1 Å². The number of likely N-dealkylation sites (tertiary alicyclic amines) is 1. The minimum Gasteiger partial charge on any atom is -0.452 e. The SMILES string of the molecule is C[C@@H](OC(=O)C1CCN(C(=O)OC(C)(C)C)CC1)C(=O)Nc1ccc2c(c1)CCC2. The number of esters is 1. The summed E-state index contributed by atoms with van der Waals surface area (Å²) in [5.41, 5.74) is 2.79. The van der Waals surface area contributed by atoms with Crippen LogP contribution in [0.25, 0.3) is 0 Å². The van der Waals surface area contributed by atoms with Gasteiger partial charge < -0.3 is 19.7 Å². The topological polar surface area (TPSA) is 84.9 Å². The summed E-state index contributed by atoms with van der Waals surface area (Å²) >= 11 is 0. The minimum atomic E-state index is -0.880. The summed E-state index contributed by atoms with van der Waals surface area (Å²) in [5.74, 6) is -1.05. The Balaban J connectivity index is 1.45. The third kappa shape index (κ3) is 5.74. The number of carbonyl (C=O) groups excluding carboxylic acids is 3. The number of piperidine rings is 1. The Morgan fingerprint density at radius 3 is 2.43 bits per heavy atom. The lowest BCUT2D eigenvalue weighted by Gasteiger charge is -2.32. The van der Waals surface area contributed by atoms with E-state index in [0.29, 0.717) is 25.9 Å². The summed E-state index contributed by atoms with van der Waals surface area (Å²) < 4.78 is 10.8. The molecular weight excluding hydrogens is 384 g/mol. The zero-order chi connectivity index (χ0) is 21.9. The Kier molecular flexibility index (Phi) is 6.68. The summed E-state index contributed by atoms with van der Waals surface area (Å²) in [4.78, 5) is 38.7. The van der Waals surface area contributed by atoms with Gasteiger partial charge in [0.2, 0.25) is 0 Å². The molecule has 1 fully saturated rings. The number of nitrogens with zero attached hydrogens (tertiary/aromatic N) is 1. The predicted octanol–water partition coefficient (Wildman–Crippen LogP) is 3.69. The predicted molar refractivity (Wildman–Crippen MR) is 113 cm³/mol. The number of fused-ring (bicyclic) bond motifs is 1. The van der Waals surface area contributed by atoms with Gasteiger partial charge in [0.25, 0.3) is 5.91 Å². The van der Waals surface area contributed by atoms with Crippen LogP contribution in [0.5, 0.6) is 0 Å². The molecule has 1 saturated heterocycles. The summed E-state index contributed by atoms with van der Waals surface area (Å²) in [6, 6.07) is 5.94. The van der Waals surface area contributed by atoms with Crippen LogP contribution in [0.15, 0.2) is 18.2 Å². The van der Waals surface area contributed by atoms with E-state index in [9.17, 15) is 14.4 Å². The van der Waals surface area contributed by atoms with Crippen molar-refractivity contribution in [3.63, 3.8) is 0 Å². The van der Waals surface area contributed by atoms with Crippen LogP contribution in [0, 0.1) is 5.92 Å². The smallest absolute Gasteiger partial charge is 0.410 e. The molecule has 2 aliphatic rings. The number of amides is 2. The van der Waals surface area contributed by atoms with E-state index in [2.05, 4.69) is 5.32 Å². The van der Waals surface area contributed by atoms with E-state index in [0.717, 1.165) is 24.9 Å². The van der Waals surface area contributed by atoms with Gasteiger partial charge >= 0.3 is 12.1 Å². The molecule has 1 aromatic rings. The first kappa shape index (κ1) is 22.1. The summed E-state index contributed by atoms with van der Waals surface area (Å²) in [6.07, 6.45) is 3.02. The van der Waals surface area contributed by atoms with Crippen molar-refractivity contribution in [2.24, 2.45) is 5.92 Å². The Morgan fingerprint density at radius 1 is 1.10 bits per heavy atom. The van der Waals surface area contributed by atoms with Crippen LogP contribution in [-0.4, -0.2) is 47.7 Å². The maximum Gasteiger partial charge on any atom is 0.410 e. The first-order valence-electron chi connectivity index (χ1n) is 10.7. The number of carbonyl (C=O) groups is 3. The highest BCUT2D eigenvalue weighted by Gasteiger charge is 2.32. The molecule has 2 amide bonds. The second-order valence-corrected chi connectivity index (χ2v) is 9.15. The molecule has 1 aromatic carbocycles. The van der Waals surface area contributed by atoms with Gasteiger partial charge in [-0.25, -0.2) is 4.79 Å². The van der Waals surface area contributed by atoms with E-state index in [-0.39, 0.29) is 17.9 Å². The number of hydrogen-bond acceptors (Lipinski definition) is 5. The molecule has 0 spiro atoms. The molecule has 7 nitrogen and oxygen atoms in total. The number of benzene rings is 1. The minimum absolute atomic E-state index is 0.320. The van der Waals surface area contributed by atoms with Crippen LogP contribution in [0.2, 0.25) is 0 Å². The quantitative estimate of drug-likeness (QED) is 0.757. The van der Waals surface area contributed by atoms with Gasteiger partial charge in [-0.3, -0.25) is 9.59 Å². The zero-order valence-corrected chi connectivity index (χ0v) is 18.3. The Morgan fingerprint density at radius 2 is 1.77 bits per heavy atom. The molecule has 0 bridgehead atoms. The molecule has 1 heterocycles. The van der Waals surface area contributed by atoms with Crippen molar-refractivity contribution in [3.8, 4) is 0 Å². The molecule has 1 aliphatic carbocycles. The van der Waals surface area contributed by atoms with Crippen LogP contribution >= 0.6 is 0 Å². The van der Waals surface area contributed by atoms with E-state index in [1.807, 2.05) is 39.0 Å². The van der Waals surface area contributed by atoms with Gasteiger partial charge in [0.15, 0.2) is 6.10 Å². The average molecular weight is 417 g/mol. The molecule has 30 heavy (non-hydrogen) atoms. The number of ether oxygens (including phenoxy) is 2. The lowest BCUT2D eigenvalue weighted by Crippen LogP contribution is -2.43. The Labute approximate surface area is 178 Å². The molecule has 1 aliphatic heterocycles. The highest BCUT2D eigenvalue weighted by molar-refractivity contribution is 5.95. The number of hydrogen-bond donors (Lipinski definition) is 1. The van der Waals surface area contributed by atoms with Crippen molar-refractivity contribution in [3.05, 3.63) is 29.3 Å². The van der Waals surface area contributed by atoms with E-state index in [1.165, 1.54) is 11.1 Å². The van der Waals surface area contributed by atoms with Crippen molar-refractivity contribution in [2.75, 3.05) is 18.4 Å². The third-order valence-corrected chi connectivity index (χ3v) is 5.51. The Bertz CT molecular complexity index is 806. The highest BCUT2D eigenvalue weighted by Crippen LogP contribution is 2.25. The molecule has 0 unspecified atom stereocenters. The number of anilines is 1. The van der Waals surface area contributed by atoms with Crippen molar-refractivity contribution in [1.82, 2.24) is 4.90 Å². The molecular formula is C23H32N2O5. The van der Waals surface area contributed by atoms with Gasteiger partial charge in [0.1, 0.15) is 5.60 Å². The van der Waals surface area contributed by atoms with Gasteiger partial charge in [0, 0.05) is 18.8 Å². The van der Waals surface area contributed by atoms with Gasteiger partial charge in [-0.1, -0.05) is 6.07 Å². The highest BCUT2D eigenvalue weighted by atomic mass is 16.6. The molecule has 3 rings (SSSR count). The van der Waals surface area contributed by atoms with Crippen molar-refractivity contribution < 1.29 is 23.9 Å². The van der Waals surface area contributed by atoms with Gasteiger partial charge in [-0.15, -0.1) is 0 Å². The van der Waals surface area contributed by atoms with Gasteiger partial charge in [-0.2, -0.15) is 0 Å².